The van der Waals surface area contributed by atoms with Crippen molar-refractivity contribution in [1.82, 2.24) is 9.80 Å². The topological polar surface area (TPSA) is 59.1 Å². The van der Waals surface area contributed by atoms with Gasteiger partial charge in [0.05, 0.1) is 5.92 Å². The summed E-state index contributed by atoms with van der Waals surface area (Å²) in [4.78, 5) is 30.9. The van der Waals surface area contributed by atoms with Crippen LogP contribution < -0.4 is 9.47 Å². The lowest BCUT2D eigenvalue weighted by Gasteiger charge is -2.41. The molecular weight excluding hydrogens is 464 g/mol. The molecule has 2 amide bonds. The molecule has 2 saturated heterocycles. The maximum absolute atomic E-state index is 13.8. The molecule has 4 aliphatic rings. The van der Waals surface area contributed by atoms with E-state index in [0.717, 1.165) is 94.6 Å². The number of hydrogen-bond donors (Lipinski definition) is 0. The molecule has 6 nitrogen and oxygen atoms in total. The van der Waals surface area contributed by atoms with Crippen LogP contribution in [0.15, 0.2) is 42.5 Å². The first-order valence-corrected chi connectivity index (χ1v) is 14.5. The van der Waals surface area contributed by atoms with Gasteiger partial charge in [0.15, 0.2) is 11.5 Å². The molecule has 0 N–H and O–H groups in total. The van der Waals surface area contributed by atoms with E-state index >= 15 is 0 Å². The Bertz CT molecular complexity index is 1010. The van der Waals surface area contributed by atoms with Crippen molar-refractivity contribution in [3.05, 3.63) is 48.1 Å². The zero-order valence-electron chi connectivity index (χ0n) is 22.3. The standard InChI is InChI=1S/C31H42N2O4/c1-2-3-5-10-25-26(14-16-30(34)32-17-8-9-18-32)24(23-11-15-28-29(21-23)37-22-36-28)12-13-27(25)31(35)33-19-6-4-7-20-33/h11-16,21,24-27H,2-10,17-20,22H2,1H3/t24-,25-,26+,27-/m0/s1. The molecule has 5 rings (SSSR count). The molecule has 0 aromatic heterocycles. The van der Waals surface area contributed by atoms with Crippen LogP contribution in [0.3, 0.4) is 0 Å². The summed E-state index contributed by atoms with van der Waals surface area (Å²) in [6.45, 7) is 5.89. The number of benzene rings is 1. The molecule has 6 heteroatoms. The van der Waals surface area contributed by atoms with E-state index in [1.807, 2.05) is 11.0 Å². The summed E-state index contributed by atoms with van der Waals surface area (Å²) in [5.41, 5.74) is 1.15. The number of likely N-dealkylation sites (tertiary alicyclic amines) is 2. The minimum absolute atomic E-state index is 0.0625. The summed E-state index contributed by atoms with van der Waals surface area (Å²) < 4.78 is 11.2. The lowest BCUT2D eigenvalue weighted by atomic mass is 9.66. The highest BCUT2D eigenvalue weighted by Gasteiger charge is 2.40. The van der Waals surface area contributed by atoms with Crippen molar-refractivity contribution in [3.63, 3.8) is 0 Å². The number of piperidine rings is 1. The van der Waals surface area contributed by atoms with Crippen LogP contribution >= 0.6 is 0 Å². The van der Waals surface area contributed by atoms with Crippen LogP contribution in [0, 0.1) is 17.8 Å². The molecule has 37 heavy (non-hydrogen) atoms. The highest BCUT2D eigenvalue weighted by Crippen LogP contribution is 2.46. The third-order valence-corrected chi connectivity index (χ3v) is 8.65. The monoisotopic (exact) mass is 506 g/mol. The Kier molecular flexibility index (Phi) is 8.52. The van der Waals surface area contributed by atoms with Crippen LogP contribution in [-0.4, -0.2) is 54.6 Å². The van der Waals surface area contributed by atoms with Crippen LogP contribution in [0.4, 0.5) is 0 Å². The fourth-order valence-corrected chi connectivity index (χ4v) is 6.56. The van der Waals surface area contributed by atoms with Gasteiger partial charge in [-0.2, -0.15) is 0 Å². The first-order valence-electron chi connectivity index (χ1n) is 14.5. The largest absolute Gasteiger partial charge is 0.454 e. The lowest BCUT2D eigenvalue weighted by molar-refractivity contribution is -0.137. The minimum atomic E-state index is -0.142. The van der Waals surface area contributed by atoms with Gasteiger partial charge in [-0.25, -0.2) is 0 Å². The highest BCUT2D eigenvalue weighted by atomic mass is 16.7. The summed E-state index contributed by atoms with van der Waals surface area (Å²) in [6.07, 6.45) is 18.3. The molecule has 200 valence electrons. The van der Waals surface area contributed by atoms with Crippen LogP contribution in [0.1, 0.15) is 76.2 Å². The van der Waals surface area contributed by atoms with Gasteiger partial charge in [-0.3, -0.25) is 9.59 Å². The highest BCUT2D eigenvalue weighted by molar-refractivity contribution is 5.88. The molecule has 2 fully saturated rings. The van der Waals surface area contributed by atoms with Crippen molar-refractivity contribution >= 4 is 11.8 Å². The van der Waals surface area contributed by atoms with Crippen LogP contribution in [0.5, 0.6) is 11.5 Å². The number of carbonyl (C=O) groups is 2. The van der Waals surface area contributed by atoms with Crippen LogP contribution in [-0.2, 0) is 9.59 Å². The zero-order valence-corrected chi connectivity index (χ0v) is 22.3. The summed E-state index contributed by atoms with van der Waals surface area (Å²) in [7, 11) is 0. The number of carbonyl (C=O) groups excluding carboxylic acids is 2. The number of nitrogens with zero attached hydrogens (tertiary/aromatic N) is 2. The van der Waals surface area contributed by atoms with Gasteiger partial charge in [-0.05, 0) is 74.1 Å². The molecular formula is C31H42N2O4. The summed E-state index contributed by atoms with van der Waals surface area (Å²) in [5, 5.41) is 0. The third kappa shape index (κ3) is 5.89. The minimum Gasteiger partial charge on any atom is -0.454 e. The quantitative estimate of drug-likeness (QED) is 0.258. The smallest absolute Gasteiger partial charge is 0.246 e. The first-order chi connectivity index (χ1) is 18.2. The maximum atomic E-state index is 13.8. The number of hydrogen-bond acceptors (Lipinski definition) is 4. The van der Waals surface area contributed by atoms with Gasteiger partial charge < -0.3 is 19.3 Å². The molecule has 0 unspecified atom stereocenters. The van der Waals surface area contributed by atoms with Crippen LogP contribution in [0.2, 0.25) is 0 Å². The average Bonchev–Trinajstić information content (AvgIpc) is 3.64. The average molecular weight is 507 g/mol. The first kappa shape index (κ1) is 25.9. The second kappa shape index (κ2) is 12.2. The van der Waals surface area contributed by atoms with E-state index < -0.39 is 0 Å². The number of unbranched alkanes of at least 4 members (excludes halogenated alkanes) is 2. The normalized spacial score (nSPS) is 27.3. The number of amides is 2. The van der Waals surface area contributed by atoms with Crippen LogP contribution in [0.25, 0.3) is 0 Å². The fraction of sp³-hybridized carbons (Fsp3) is 0.613. The predicted octanol–water partition coefficient (Wildman–Crippen LogP) is 5.69. The van der Waals surface area contributed by atoms with E-state index in [1.54, 1.807) is 6.08 Å². The Morgan fingerprint density at radius 3 is 2.43 bits per heavy atom. The van der Waals surface area contributed by atoms with Gasteiger partial charge in [-0.15, -0.1) is 0 Å². The maximum Gasteiger partial charge on any atom is 0.246 e. The van der Waals surface area contributed by atoms with Gasteiger partial charge in [-0.1, -0.05) is 50.5 Å². The lowest BCUT2D eigenvalue weighted by Crippen LogP contribution is -2.44. The van der Waals surface area contributed by atoms with Crippen molar-refractivity contribution in [1.29, 1.82) is 0 Å². The Labute approximate surface area is 221 Å². The summed E-state index contributed by atoms with van der Waals surface area (Å²) in [6, 6.07) is 6.18. The fourth-order valence-electron chi connectivity index (χ4n) is 6.56. The number of rotatable bonds is 8. The van der Waals surface area contributed by atoms with Crippen molar-refractivity contribution in [3.8, 4) is 11.5 Å². The SMILES string of the molecule is CCCCC[C@H]1[C@H](C=CC(=O)N2CCCC2)[C@H](c2ccc3c(c2)OCO3)C=C[C@@H]1C(=O)N1CCCCC1. The molecule has 1 aromatic carbocycles. The van der Waals surface area contributed by atoms with Gasteiger partial charge >= 0.3 is 0 Å². The van der Waals surface area contributed by atoms with Gasteiger partial charge in [0.25, 0.3) is 0 Å². The molecule has 0 saturated carbocycles. The molecule has 1 aliphatic carbocycles. The molecule has 0 spiro atoms. The second-order valence-corrected chi connectivity index (χ2v) is 11.1. The Hall–Kier alpha value is -2.76. The van der Waals surface area contributed by atoms with E-state index in [1.165, 1.54) is 6.42 Å². The number of ether oxygens (including phenoxy) is 2. The zero-order chi connectivity index (χ0) is 25.6. The Morgan fingerprint density at radius 2 is 1.65 bits per heavy atom. The van der Waals surface area contributed by atoms with E-state index in [-0.39, 0.29) is 42.3 Å². The molecule has 4 atom stereocenters. The summed E-state index contributed by atoms with van der Waals surface area (Å²) in [5.74, 6) is 2.07. The van der Waals surface area contributed by atoms with E-state index in [0.29, 0.717) is 0 Å². The molecule has 0 radical (unpaired) electrons. The van der Waals surface area contributed by atoms with Gasteiger partial charge in [0, 0.05) is 32.1 Å². The second-order valence-electron chi connectivity index (χ2n) is 11.1. The third-order valence-electron chi connectivity index (χ3n) is 8.65. The van der Waals surface area contributed by atoms with Crippen molar-refractivity contribution in [2.45, 2.75) is 70.6 Å². The summed E-state index contributed by atoms with van der Waals surface area (Å²) >= 11 is 0. The van der Waals surface area contributed by atoms with Crippen molar-refractivity contribution in [2.75, 3.05) is 33.0 Å². The van der Waals surface area contributed by atoms with Gasteiger partial charge in [0.2, 0.25) is 18.6 Å². The molecule has 3 aliphatic heterocycles. The molecule has 3 heterocycles. The predicted molar refractivity (Wildman–Crippen MR) is 144 cm³/mol. The molecule has 1 aromatic rings. The van der Waals surface area contributed by atoms with E-state index in [2.05, 4.69) is 42.2 Å². The molecule has 0 bridgehead atoms. The Morgan fingerprint density at radius 1 is 0.919 bits per heavy atom. The Balaban J connectivity index is 1.47. The van der Waals surface area contributed by atoms with E-state index in [4.69, 9.17) is 9.47 Å². The van der Waals surface area contributed by atoms with Crippen molar-refractivity contribution < 1.29 is 19.1 Å². The van der Waals surface area contributed by atoms with E-state index in [9.17, 15) is 9.59 Å². The number of fused-ring (bicyclic) bond motifs is 1. The van der Waals surface area contributed by atoms with Crippen molar-refractivity contribution in [2.24, 2.45) is 17.8 Å². The van der Waals surface area contributed by atoms with Gasteiger partial charge in [0.1, 0.15) is 0 Å². The number of allylic oxidation sites excluding steroid dienone is 2.